The third-order valence-corrected chi connectivity index (χ3v) is 4.82. The largest absolute Gasteiger partial charge is 0.508 e. The number of aromatic hydroxyl groups is 1. The van der Waals surface area contributed by atoms with Crippen molar-refractivity contribution in [3.8, 4) is 17.6 Å². The van der Waals surface area contributed by atoms with Gasteiger partial charge < -0.3 is 19.1 Å². The lowest BCUT2D eigenvalue weighted by Crippen LogP contribution is -2.38. The van der Waals surface area contributed by atoms with Gasteiger partial charge in [0.25, 0.3) is 0 Å². The molecule has 7 nitrogen and oxygen atoms in total. The van der Waals surface area contributed by atoms with Gasteiger partial charge in [-0.05, 0) is 30.3 Å². The quantitative estimate of drug-likeness (QED) is 0.645. The van der Waals surface area contributed by atoms with E-state index in [2.05, 4.69) is 16.1 Å². The topological polar surface area (TPSA) is 91.8 Å². The monoisotopic (exact) mass is 391 g/mol. The van der Waals surface area contributed by atoms with Gasteiger partial charge in [-0.25, -0.2) is 0 Å². The lowest BCUT2D eigenvalue weighted by molar-refractivity contribution is 0.0322. The van der Waals surface area contributed by atoms with E-state index in [-0.39, 0.29) is 5.75 Å². The number of allylic oxidation sites excluding steroid dienone is 1. The molecule has 0 atom stereocenters. The van der Waals surface area contributed by atoms with E-state index in [9.17, 15) is 10.4 Å². The molecule has 0 aliphatic carbocycles. The average Bonchev–Trinajstić information content (AvgIpc) is 3.16. The molecule has 0 spiro atoms. The molecule has 1 saturated heterocycles. The summed E-state index contributed by atoms with van der Waals surface area (Å²) in [6, 6.07) is 14.4. The number of nitriles is 1. The number of nitrogens with zero attached hydrogens (tertiary/aromatic N) is 3. The Balaban J connectivity index is 1.56. The first-order valence-electron chi connectivity index (χ1n) is 9.47. The molecule has 1 fully saturated rings. The number of benzene rings is 2. The van der Waals surface area contributed by atoms with Gasteiger partial charge in [0.2, 0.25) is 0 Å². The summed E-state index contributed by atoms with van der Waals surface area (Å²) in [5.41, 5.74) is 2.01. The van der Waals surface area contributed by atoms with Crippen molar-refractivity contribution in [1.29, 1.82) is 5.26 Å². The zero-order valence-electron chi connectivity index (χ0n) is 15.9. The molecule has 1 aliphatic rings. The van der Waals surface area contributed by atoms with Crippen LogP contribution in [0.15, 0.2) is 47.0 Å². The van der Waals surface area contributed by atoms with E-state index >= 15 is 0 Å². The zero-order chi connectivity index (χ0) is 20.1. The summed E-state index contributed by atoms with van der Waals surface area (Å²) in [6.07, 6.45) is 1.73. The van der Waals surface area contributed by atoms with Gasteiger partial charge in [0.1, 0.15) is 29.9 Å². The minimum Gasteiger partial charge on any atom is -0.508 e. The normalized spacial score (nSPS) is 15.3. The summed E-state index contributed by atoms with van der Waals surface area (Å²) < 4.78 is 16.6. The Labute approximate surface area is 168 Å². The fourth-order valence-electron chi connectivity index (χ4n) is 3.27. The van der Waals surface area contributed by atoms with Gasteiger partial charge in [-0.15, -0.1) is 0 Å². The zero-order valence-corrected chi connectivity index (χ0v) is 15.9. The van der Waals surface area contributed by atoms with E-state index in [0.29, 0.717) is 34.6 Å². The number of ether oxygens (including phenoxy) is 2. The lowest BCUT2D eigenvalue weighted by atomic mass is 10.1. The molecule has 1 N–H and O–H groups in total. The van der Waals surface area contributed by atoms with Crippen molar-refractivity contribution in [2.75, 3.05) is 39.5 Å². The second-order valence-electron chi connectivity index (χ2n) is 6.72. The highest BCUT2D eigenvalue weighted by Gasteiger charge is 2.15. The van der Waals surface area contributed by atoms with Crippen LogP contribution < -0.4 is 4.74 Å². The Kier molecular flexibility index (Phi) is 5.75. The molecule has 29 heavy (non-hydrogen) atoms. The van der Waals surface area contributed by atoms with Crippen LogP contribution in [0.2, 0.25) is 0 Å². The fourth-order valence-corrected chi connectivity index (χ4v) is 3.27. The molecule has 148 valence electrons. The van der Waals surface area contributed by atoms with Gasteiger partial charge in [-0.2, -0.15) is 5.26 Å². The van der Waals surface area contributed by atoms with E-state index in [0.717, 1.165) is 38.4 Å². The van der Waals surface area contributed by atoms with E-state index in [1.165, 1.54) is 12.1 Å². The fraction of sp³-hybridized carbons (Fsp3) is 0.273. The lowest BCUT2D eigenvalue weighted by Gasteiger charge is -2.26. The highest BCUT2D eigenvalue weighted by atomic mass is 16.5. The maximum Gasteiger partial charge on any atom is 0.167 e. The molecule has 2 heterocycles. The van der Waals surface area contributed by atoms with Gasteiger partial charge in [0.05, 0.1) is 24.2 Å². The molecule has 3 aromatic rings. The second-order valence-corrected chi connectivity index (χ2v) is 6.72. The van der Waals surface area contributed by atoms with Crippen molar-refractivity contribution in [1.82, 2.24) is 10.1 Å². The Hall–Kier alpha value is -3.34. The predicted octanol–water partition coefficient (Wildman–Crippen LogP) is 3.31. The molecule has 7 heteroatoms. The Morgan fingerprint density at radius 1 is 1.24 bits per heavy atom. The van der Waals surface area contributed by atoms with Crippen LogP contribution >= 0.6 is 0 Å². The standard InChI is InChI=1S/C22H21N3O4/c23-15-17(22-19-14-18(26)5-6-21(19)29-24-22)13-16-3-1-2-4-20(16)28-12-9-25-7-10-27-11-8-25/h1-6,13-14,26H,7-12H2/b17-13+. The van der Waals surface area contributed by atoms with Crippen LogP contribution in [0.25, 0.3) is 22.6 Å². The molecular formula is C22H21N3O4. The van der Waals surface area contributed by atoms with Crippen molar-refractivity contribution < 1.29 is 19.1 Å². The van der Waals surface area contributed by atoms with Crippen LogP contribution in [0.4, 0.5) is 0 Å². The van der Waals surface area contributed by atoms with Crippen molar-refractivity contribution in [3.63, 3.8) is 0 Å². The number of hydrogen-bond acceptors (Lipinski definition) is 7. The number of para-hydroxylation sites is 1. The first kappa shape index (κ1) is 19.0. The third-order valence-electron chi connectivity index (χ3n) is 4.82. The Morgan fingerprint density at radius 3 is 2.90 bits per heavy atom. The number of hydrogen-bond donors (Lipinski definition) is 1. The molecule has 4 rings (SSSR count). The minimum atomic E-state index is 0.0890. The van der Waals surface area contributed by atoms with Gasteiger partial charge in [0.15, 0.2) is 5.58 Å². The molecule has 2 aromatic carbocycles. The van der Waals surface area contributed by atoms with Crippen LogP contribution in [0.3, 0.4) is 0 Å². The molecule has 1 aliphatic heterocycles. The molecule has 0 unspecified atom stereocenters. The molecule has 0 amide bonds. The number of phenolic OH excluding ortho intramolecular Hbond substituents is 1. The van der Waals surface area contributed by atoms with Crippen molar-refractivity contribution >= 4 is 22.6 Å². The van der Waals surface area contributed by atoms with Gasteiger partial charge in [-0.1, -0.05) is 23.4 Å². The van der Waals surface area contributed by atoms with Crippen LogP contribution in [0.1, 0.15) is 11.3 Å². The average molecular weight is 391 g/mol. The summed E-state index contributed by atoms with van der Waals surface area (Å²) in [6.45, 7) is 4.70. The van der Waals surface area contributed by atoms with Gasteiger partial charge in [-0.3, -0.25) is 4.90 Å². The molecule has 0 bridgehead atoms. The van der Waals surface area contributed by atoms with E-state index in [1.54, 1.807) is 12.1 Å². The first-order valence-corrected chi connectivity index (χ1v) is 9.47. The predicted molar refractivity (Wildman–Crippen MR) is 108 cm³/mol. The molecule has 0 saturated carbocycles. The second kappa shape index (κ2) is 8.78. The van der Waals surface area contributed by atoms with Gasteiger partial charge in [0, 0.05) is 25.2 Å². The molecule has 1 aromatic heterocycles. The number of fused-ring (bicyclic) bond motifs is 1. The van der Waals surface area contributed by atoms with Crippen LogP contribution in [0, 0.1) is 11.3 Å². The van der Waals surface area contributed by atoms with Crippen molar-refractivity contribution in [2.24, 2.45) is 0 Å². The van der Waals surface area contributed by atoms with Crippen LogP contribution in [-0.4, -0.2) is 54.6 Å². The summed E-state index contributed by atoms with van der Waals surface area (Å²) >= 11 is 0. The molecule has 0 radical (unpaired) electrons. The summed E-state index contributed by atoms with van der Waals surface area (Å²) in [5, 5.41) is 24.1. The molecular weight excluding hydrogens is 370 g/mol. The highest BCUT2D eigenvalue weighted by Crippen LogP contribution is 2.30. The maximum atomic E-state index is 9.76. The number of rotatable bonds is 6. The SMILES string of the molecule is N#C/C(=C\c1ccccc1OCCN1CCOCC1)c1noc2ccc(O)cc12. The van der Waals surface area contributed by atoms with Gasteiger partial charge >= 0.3 is 0 Å². The Bertz CT molecular complexity index is 1060. The number of aromatic nitrogens is 1. The van der Waals surface area contributed by atoms with Crippen LogP contribution in [-0.2, 0) is 4.74 Å². The third kappa shape index (κ3) is 4.40. The summed E-state index contributed by atoms with van der Waals surface area (Å²) in [5.74, 6) is 0.787. The smallest absolute Gasteiger partial charge is 0.167 e. The number of phenols is 1. The summed E-state index contributed by atoms with van der Waals surface area (Å²) in [7, 11) is 0. The van der Waals surface area contributed by atoms with E-state index in [1.807, 2.05) is 24.3 Å². The highest BCUT2D eigenvalue weighted by molar-refractivity contribution is 5.99. The number of morpholine rings is 1. The maximum absolute atomic E-state index is 9.76. The van der Waals surface area contributed by atoms with E-state index in [4.69, 9.17) is 14.0 Å². The van der Waals surface area contributed by atoms with Crippen LogP contribution in [0.5, 0.6) is 11.5 Å². The first-order chi connectivity index (χ1) is 14.2. The summed E-state index contributed by atoms with van der Waals surface area (Å²) in [4.78, 5) is 2.30. The van der Waals surface area contributed by atoms with E-state index < -0.39 is 0 Å². The Morgan fingerprint density at radius 2 is 2.07 bits per heavy atom. The van der Waals surface area contributed by atoms with Crippen molar-refractivity contribution in [3.05, 3.63) is 53.7 Å². The minimum absolute atomic E-state index is 0.0890. The van der Waals surface area contributed by atoms with Crippen molar-refractivity contribution in [2.45, 2.75) is 0 Å².